The van der Waals surface area contributed by atoms with Gasteiger partial charge in [0.2, 0.25) is 0 Å². The van der Waals surface area contributed by atoms with Crippen LogP contribution >= 0.6 is 0 Å². The zero-order valence-electron chi connectivity index (χ0n) is 21.5. The normalized spacial score (nSPS) is 11.8. The van der Waals surface area contributed by atoms with Crippen molar-refractivity contribution in [2.24, 2.45) is 14.1 Å². The summed E-state index contributed by atoms with van der Waals surface area (Å²) in [6.07, 6.45) is -3.08. The third-order valence-corrected chi connectivity index (χ3v) is 6.43. The zero-order chi connectivity index (χ0) is 27.9. The lowest BCUT2D eigenvalue weighted by molar-refractivity contribution is -0.274. The van der Waals surface area contributed by atoms with Crippen LogP contribution in [0.25, 0.3) is 21.9 Å². The molecule has 0 unspecified atom stereocenters. The molecule has 0 N–H and O–H groups in total. The van der Waals surface area contributed by atoms with Gasteiger partial charge in [0.25, 0.3) is 5.56 Å². The Labute approximate surface area is 220 Å². The average Bonchev–Trinajstić information content (AvgIpc) is 3.23. The molecule has 0 bridgehead atoms. The summed E-state index contributed by atoms with van der Waals surface area (Å²) in [5.74, 6) is -0.454. The molecule has 0 spiro atoms. The fourth-order valence-electron chi connectivity index (χ4n) is 4.70. The van der Waals surface area contributed by atoms with E-state index in [0.29, 0.717) is 0 Å². The minimum Gasteiger partial charge on any atom is -0.425 e. The van der Waals surface area contributed by atoms with Gasteiger partial charge in [0, 0.05) is 20.2 Å². The number of hydrogen-bond acceptors (Lipinski definition) is 5. The number of imidazole rings is 1. The molecule has 0 aliphatic carbocycles. The van der Waals surface area contributed by atoms with Crippen molar-refractivity contribution in [1.82, 2.24) is 18.7 Å². The number of alkyl halides is 3. The molecule has 2 aromatic heterocycles. The van der Waals surface area contributed by atoms with E-state index in [0.717, 1.165) is 51.4 Å². The Hall–Kier alpha value is -4.54. The van der Waals surface area contributed by atoms with Crippen LogP contribution in [0.4, 0.5) is 13.2 Å². The lowest BCUT2D eigenvalue weighted by Crippen LogP contribution is -2.37. The zero-order valence-corrected chi connectivity index (χ0v) is 21.5. The summed E-state index contributed by atoms with van der Waals surface area (Å²) in [6.45, 7) is 2.26. The van der Waals surface area contributed by atoms with E-state index in [1.54, 1.807) is 0 Å². The fraction of sp³-hybridized carbons (Fsp3) is 0.250. The van der Waals surface area contributed by atoms with Crippen LogP contribution in [0.1, 0.15) is 24.5 Å². The van der Waals surface area contributed by atoms with Crippen LogP contribution in [-0.4, -0.2) is 25.0 Å². The van der Waals surface area contributed by atoms with Crippen LogP contribution in [0.3, 0.4) is 0 Å². The molecule has 0 aliphatic heterocycles. The molecule has 0 atom stereocenters. The van der Waals surface area contributed by atoms with Gasteiger partial charge in [-0.05, 0) is 46.5 Å². The Bertz CT molecular complexity index is 1820. The Kier molecular flexibility index (Phi) is 6.67. The van der Waals surface area contributed by atoms with Gasteiger partial charge >= 0.3 is 18.1 Å². The van der Waals surface area contributed by atoms with Crippen molar-refractivity contribution in [3.63, 3.8) is 0 Å². The number of halogens is 3. The van der Waals surface area contributed by atoms with E-state index in [-0.39, 0.29) is 29.5 Å². The van der Waals surface area contributed by atoms with E-state index in [4.69, 9.17) is 4.74 Å². The number of nitrogens with zero attached hydrogens (tertiary/aromatic N) is 4. The molecule has 5 rings (SSSR count). The third kappa shape index (κ3) is 5.12. The molecule has 2 heterocycles. The second kappa shape index (κ2) is 9.97. The number of aromatic nitrogens is 4. The van der Waals surface area contributed by atoms with Crippen molar-refractivity contribution in [3.05, 3.63) is 92.6 Å². The highest BCUT2D eigenvalue weighted by atomic mass is 19.4. The summed E-state index contributed by atoms with van der Waals surface area (Å²) in [6, 6.07) is 17.0. The molecule has 5 aromatic rings. The Morgan fingerprint density at radius 2 is 1.67 bits per heavy atom. The first-order valence-corrected chi connectivity index (χ1v) is 12.3. The summed E-state index contributed by atoms with van der Waals surface area (Å²) in [5, 5.41) is 2.16. The van der Waals surface area contributed by atoms with Gasteiger partial charge < -0.3 is 9.47 Å². The second-order valence-electron chi connectivity index (χ2n) is 9.21. The van der Waals surface area contributed by atoms with Crippen LogP contribution in [0.5, 0.6) is 17.5 Å². The smallest absolute Gasteiger partial charge is 0.425 e. The monoisotopic (exact) mass is 538 g/mol. The van der Waals surface area contributed by atoms with E-state index < -0.39 is 23.4 Å². The molecule has 0 aliphatic rings. The summed E-state index contributed by atoms with van der Waals surface area (Å²) in [7, 11) is 2.85. The summed E-state index contributed by atoms with van der Waals surface area (Å²) in [5.41, 5.74) is 1.10. The maximum absolute atomic E-state index is 13.3. The van der Waals surface area contributed by atoms with E-state index in [1.807, 2.05) is 24.3 Å². The first-order chi connectivity index (χ1) is 18.6. The van der Waals surface area contributed by atoms with Crippen molar-refractivity contribution >= 4 is 21.9 Å². The van der Waals surface area contributed by atoms with Gasteiger partial charge in [0.1, 0.15) is 11.5 Å². The van der Waals surface area contributed by atoms with Gasteiger partial charge in [-0.1, -0.05) is 49.7 Å². The molecular formula is C28H25F3N4O4. The number of benzene rings is 3. The van der Waals surface area contributed by atoms with Crippen LogP contribution in [0.2, 0.25) is 0 Å². The Balaban J connectivity index is 1.67. The molecule has 0 saturated heterocycles. The van der Waals surface area contributed by atoms with Crippen LogP contribution in [-0.2, 0) is 27.1 Å². The largest absolute Gasteiger partial charge is 0.573 e. The van der Waals surface area contributed by atoms with Gasteiger partial charge in [0.15, 0.2) is 11.2 Å². The van der Waals surface area contributed by atoms with E-state index in [1.165, 1.54) is 35.4 Å². The lowest BCUT2D eigenvalue weighted by Gasteiger charge is -2.14. The fourth-order valence-corrected chi connectivity index (χ4v) is 4.70. The summed E-state index contributed by atoms with van der Waals surface area (Å²) >= 11 is 0. The van der Waals surface area contributed by atoms with Crippen LogP contribution in [0.15, 0.2) is 70.3 Å². The van der Waals surface area contributed by atoms with Crippen molar-refractivity contribution in [1.29, 1.82) is 0 Å². The molecule has 3 aromatic carbocycles. The summed E-state index contributed by atoms with van der Waals surface area (Å²) < 4.78 is 51.9. The second-order valence-corrected chi connectivity index (χ2v) is 9.21. The molecule has 0 amide bonds. The van der Waals surface area contributed by atoms with Gasteiger partial charge in [-0.15, -0.1) is 13.2 Å². The molecule has 0 fully saturated rings. The quantitative estimate of drug-likeness (QED) is 0.282. The molecule has 202 valence electrons. The van der Waals surface area contributed by atoms with Crippen LogP contribution in [0, 0.1) is 0 Å². The Morgan fingerprint density at radius 1 is 0.923 bits per heavy atom. The maximum Gasteiger partial charge on any atom is 0.573 e. The average molecular weight is 539 g/mol. The van der Waals surface area contributed by atoms with E-state index in [2.05, 4.69) is 28.8 Å². The first kappa shape index (κ1) is 26.1. The van der Waals surface area contributed by atoms with Crippen LogP contribution < -0.4 is 20.7 Å². The molecule has 11 heteroatoms. The lowest BCUT2D eigenvalue weighted by atomic mass is 9.98. The number of aryl methyl sites for hydroxylation is 2. The molecule has 0 radical (unpaired) electrons. The number of rotatable bonds is 7. The van der Waals surface area contributed by atoms with Gasteiger partial charge in [0.05, 0.1) is 6.54 Å². The highest BCUT2D eigenvalue weighted by Gasteiger charge is 2.31. The predicted octanol–water partition coefficient (Wildman–Crippen LogP) is 5.28. The number of ether oxygens (including phenoxy) is 2. The minimum atomic E-state index is -4.87. The highest BCUT2D eigenvalue weighted by molar-refractivity contribution is 5.86. The molecular weight excluding hydrogens is 513 g/mol. The third-order valence-electron chi connectivity index (χ3n) is 6.43. The van der Waals surface area contributed by atoms with Gasteiger partial charge in [-0.2, -0.15) is 4.98 Å². The van der Waals surface area contributed by atoms with Crippen molar-refractivity contribution in [2.75, 3.05) is 0 Å². The molecule has 39 heavy (non-hydrogen) atoms. The molecule has 8 nitrogen and oxygen atoms in total. The van der Waals surface area contributed by atoms with Crippen molar-refractivity contribution in [3.8, 4) is 17.5 Å². The highest BCUT2D eigenvalue weighted by Crippen LogP contribution is 2.31. The van der Waals surface area contributed by atoms with Crippen molar-refractivity contribution < 1.29 is 22.6 Å². The van der Waals surface area contributed by atoms with Gasteiger partial charge in [-0.25, -0.2) is 4.79 Å². The summed E-state index contributed by atoms with van der Waals surface area (Å²) in [4.78, 5) is 30.3. The topological polar surface area (TPSA) is 80.3 Å². The van der Waals surface area contributed by atoms with E-state index in [9.17, 15) is 22.8 Å². The maximum atomic E-state index is 13.3. The minimum absolute atomic E-state index is 0.0142. The predicted molar refractivity (Wildman–Crippen MR) is 140 cm³/mol. The van der Waals surface area contributed by atoms with E-state index >= 15 is 0 Å². The first-order valence-electron chi connectivity index (χ1n) is 12.3. The van der Waals surface area contributed by atoms with Crippen molar-refractivity contribution in [2.45, 2.75) is 32.7 Å². The number of fused-ring (bicyclic) bond motifs is 2. The SMILES string of the molecule is CCCc1cc(Cn2c(Oc3cccc(OC(F)(F)F)c3)nc3c2c(=O)n(C)c(=O)n3C)cc2ccccc12. The Morgan fingerprint density at radius 3 is 2.41 bits per heavy atom. The number of hydrogen-bond donors (Lipinski definition) is 0. The standard InChI is InChI=1S/C28H25F3N4O4/c1-4-8-18-13-17(14-19-9-5-6-12-22(18)19)16-35-23-24(33(2)27(37)34(3)25(23)36)32-26(35)38-20-10-7-11-21(15-20)39-28(29,30)31/h5-7,9-15H,4,8,16H2,1-3H3. The van der Waals surface area contributed by atoms with Gasteiger partial charge in [-0.3, -0.25) is 18.5 Å². The molecule has 0 saturated carbocycles.